The first-order valence-corrected chi connectivity index (χ1v) is 9.93. The van der Waals surface area contributed by atoms with Gasteiger partial charge in [0.05, 0.1) is 12.1 Å². The summed E-state index contributed by atoms with van der Waals surface area (Å²) in [6.07, 6.45) is 3.65. The summed E-state index contributed by atoms with van der Waals surface area (Å²) in [6, 6.07) is 17.0. The van der Waals surface area contributed by atoms with Crippen molar-refractivity contribution in [2.24, 2.45) is 0 Å². The van der Waals surface area contributed by atoms with Crippen LogP contribution < -0.4 is 4.90 Å². The van der Waals surface area contributed by atoms with Crippen LogP contribution >= 0.6 is 0 Å². The van der Waals surface area contributed by atoms with Crippen LogP contribution in [0.2, 0.25) is 0 Å². The van der Waals surface area contributed by atoms with Crippen LogP contribution in [0.15, 0.2) is 54.9 Å². The Morgan fingerprint density at radius 2 is 1.54 bits per heavy atom. The molecule has 5 heteroatoms. The standard InChI is InChI=1S/C23H26N4O/c1-4-5-22(28)26-20(18-10-6-16(2)7-11-18)14-21(27-23(26)24-15-25-27)19-12-8-17(3)9-13-19/h6-13,15,20-21H,4-5,14H2,1-3H3/t20-,21-/m0/s1. The number of nitrogens with zero attached hydrogens (tertiary/aromatic N) is 4. The molecule has 3 aromatic rings. The van der Waals surface area contributed by atoms with Crippen molar-refractivity contribution in [2.45, 2.75) is 52.1 Å². The molecular formula is C23H26N4O. The van der Waals surface area contributed by atoms with Gasteiger partial charge in [0.2, 0.25) is 11.9 Å². The van der Waals surface area contributed by atoms with E-state index in [0.717, 1.165) is 18.4 Å². The van der Waals surface area contributed by atoms with Crippen molar-refractivity contribution in [3.63, 3.8) is 0 Å². The highest BCUT2D eigenvalue weighted by Crippen LogP contribution is 2.42. The maximum absolute atomic E-state index is 13.0. The smallest absolute Gasteiger partial charge is 0.231 e. The van der Waals surface area contributed by atoms with E-state index in [1.807, 2.05) is 16.5 Å². The summed E-state index contributed by atoms with van der Waals surface area (Å²) in [5.41, 5.74) is 4.77. The lowest BCUT2D eigenvalue weighted by Crippen LogP contribution is -2.42. The number of carbonyl (C=O) groups excluding carboxylic acids is 1. The molecule has 0 unspecified atom stereocenters. The Morgan fingerprint density at radius 3 is 2.11 bits per heavy atom. The molecular weight excluding hydrogens is 348 g/mol. The van der Waals surface area contributed by atoms with Crippen molar-refractivity contribution >= 4 is 11.9 Å². The van der Waals surface area contributed by atoms with Gasteiger partial charge in [-0.1, -0.05) is 66.6 Å². The van der Waals surface area contributed by atoms with E-state index in [0.29, 0.717) is 12.4 Å². The number of hydrogen-bond acceptors (Lipinski definition) is 3. The summed E-state index contributed by atoms with van der Waals surface area (Å²) in [5, 5.41) is 4.48. The van der Waals surface area contributed by atoms with E-state index in [4.69, 9.17) is 0 Å². The van der Waals surface area contributed by atoms with E-state index < -0.39 is 0 Å². The summed E-state index contributed by atoms with van der Waals surface area (Å²) in [4.78, 5) is 19.4. The summed E-state index contributed by atoms with van der Waals surface area (Å²) in [7, 11) is 0. The molecule has 0 spiro atoms. The fourth-order valence-corrected chi connectivity index (χ4v) is 3.95. The topological polar surface area (TPSA) is 51.0 Å². The third kappa shape index (κ3) is 3.33. The van der Waals surface area contributed by atoms with Crippen LogP contribution in [0.5, 0.6) is 0 Å². The summed E-state index contributed by atoms with van der Waals surface area (Å²) >= 11 is 0. The third-order valence-electron chi connectivity index (χ3n) is 5.48. The van der Waals surface area contributed by atoms with Crippen molar-refractivity contribution in [2.75, 3.05) is 4.90 Å². The van der Waals surface area contributed by atoms with Gasteiger partial charge >= 0.3 is 0 Å². The van der Waals surface area contributed by atoms with E-state index in [9.17, 15) is 4.79 Å². The first kappa shape index (κ1) is 18.4. The van der Waals surface area contributed by atoms with Gasteiger partial charge in [-0.2, -0.15) is 10.1 Å². The Morgan fingerprint density at radius 1 is 0.964 bits per heavy atom. The lowest BCUT2D eigenvalue weighted by atomic mass is 9.91. The van der Waals surface area contributed by atoms with E-state index >= 15 is 0 Å². The van der Waals surface area contributed by atoms with Crippen LogP contribution in [0.25, 0.3) is 0 Å². The molecule has 0 saturated carbocycles. The van der Waals surface area contributed by atoms with Gasteiger partial charge in [-0.05, 0) is 37.8 Å². The lowest BCUT2D eigenvalue weighted by Gasteiger charge is -2.39. The van der Waals surface area contributed by atoms with Gasteiger partial charge in [0.25, 0.3) is 0 Å². The van der Waals surface area contributed by atoms with Crippen LogP contribution in [0, 0.1) is 13.8 Å². The zero-order valence-electron chi connectivity index (χ0n) is 16.7. The van der Waals surface area contributed by atoms with Crippen LogP contribution in [0.4, 0.5) is 5.95 Å². The van der Waals surface area contributed by atoms with E-state index in [1.54, 1.807) is 6.33 Å². The summed E-state index contributed by atoms with van der Waals surface area (Å²) in [6.45, 7) is 6.20. The van der Waals surface area contributed by atoms with Gasteiger partial charge in [-0.25, -0.2) is 4.68 Å². The average Bonchev–Trinajstić information content (AvgIpc) is 3.18. The minimum Gasteiger partial charge on any atom is -0.274 e. The highest BCUT2D eigenvalue weighted by Gasteiger charge is 2.38. The number of carbonyl (C=O) groups is 1. The van der Waals surface area contributed by atoms with Crippen molar-refractivity contribution in [1.29, 1.82) is 0 Å². The molecule has 0 radical (unpaired) electrons. The van der Waals surface area contributed by atoms with Gasteiger partial charge in [0.1, 0.15) is 6.33 Å². The summed E-state index contributed by atoms with van der Waals surface area (Å²) < 4.78 is 1.91. The predicted molar refractivity (Wildman–Crippen MR) is 110 cm³/mol. The third-order valence-corrected chi connectivity index (χ3v) is 5.48. The quantitative estimate of drug-likeness (QED) is 0.661. The Bertz CT molecular complexity index is 959. The molecule has 1 aliphatic heterocycles. The van der Waals surface area contributed by atoms with Gasteiger partial charge in [-0.3, -0.25) is 9.69 Å². The zero-order valence-corrected chi connectivity index (χ0v) is 16.7. The molecule has 0 saturated heterocycles. The second-order valence-corrected chi connectivity index (χ2v) is 7.61. The molecule has 28 heavy (non-hydrogen) atoms. The van der Waals surface area contributed by atoms with Gasteiger partial charge in [-0.15, -0.1) is 0 Å². The molecule has 2 aromatic carbocycles. The zero-order chi connectivity index (χ0) is 19.7. The number of benzene rings is 2. The molecule has 0 N–H and O–H groups in total. The number of hydrogen-bond donors (Lipinski definition) is 0. The Labute approximate surface area is 166 Å². The molecule has 1 amide bonds. The number of amides is 1. The molecule has 0 bridgehead atoms. The minimum absolute atomic E-state index is 0.0510. The highest BCUT2D eigenvalue weighted by atomic mass is 16.2. The molecule has 5 nitrogen and oxygen atoms in total. The lowest BCUT2D eigenvalue weighted by molar-refractivity contribution is -0.119. The van der Waals surface area contributed by atoms with Gasteiger partial charge < -0.3 is 0 Å². The van der Waals surface area contributed by atoms with Crippen LogP contribution in [-0.2, 0) is 4.79 Å². The van der Waals surface area contributed by atoms with Crippen LogP contribution in [0.3, 0.4) is 0 Å². The molecule has 0 fully saturated rings. The molecule has 2 atom stereocenters. The van der Waals surface area contributed by atoms with Crippen molar-refractivity contribution in [1.82, 2.24) is 14.8 Å². The second-order valence-electron chi connectivity index (χ2n) is 7.61. The number of aromatic nitrogens is 3. The van der Waals surface area contributed by atoms with E-state index in [1.165, 1.54) is 16.7 Å². The van der Waals surface area contributed by atoms with E-state index in [2.05, 4.69) is 72.5 Å². The second kappa shape index (κ2) is 7.58. The van der Waals surface area contributed by atoms with Crippen LogP contribution in [-0.4, -0.2) is 20.7 Å². The maximum atomic E-state index is 13.0. The molecule has 0 aliphatic carbocycles. The normalized spacial score (nSPS) is 18.8. The number of anilines is 1. The Balaban J connectivity index is 1.81. The fourth-order valence-electron chi connectivity index (χ4n) is 3.95. The molecule has 1 aromatic heterocycles. The van der Waals surface area contributed by atoms with Crippen molar-refractivity contribution in [3.8, 4) is 0 Å². The first-order chi connectivity index (χ1) is 13.6. The van der Waals surface area contributed by atoms with E-state index in [-0.39, 0.29) is 18.0 Å². The number of fused-ring (bicyclic) bond motifs is 1. The maximum Gasteiger partial charge on any atom is 0.231 e. The Hall–Kier alpha value is -2.95. The molecule has 4 rings (SSSR count). The van der Waals surface area contributed by atoms with Crippen LogP contribution in [0.1, 0.15) is 60.5 Å². The predicted octanol–water partition coefficient (Wildman–Crippen LogP) is 4.76. The highest BCUT2D eigenvalue weighted by molar-refractivity contribution is 5.92. The van der Waals surface area contributed by atoms with Gasteiger partial charge in [0, 0.05) is 6.42 Å². The summed E-state index contributed by atoms with van der Waals surface area (Å²) in [5.74, 6) is 0.741. The SMILES string of the molecule is CCCC(=O)N1c2ncnn2[C@H](c2ccc(C)cc2)C[C@H]1c1ccc(C)cc1. The molecule has 2 heterocycles. The number of aryl methyl sites for hydroxylation is 2. The fraction of sp³-hybridized carbons (Fsp3) is 0.348. The van der Waals surface area contributed by atoms with Gasteiger partial charge in [0.15, 0.2) is 0 Å². The minimum atomic E-state index is -0.0531. The monoisotopic (exact) mass is 374 g/mol. The number of rotatable bonds is 4. The van der Waals surface area contributed by atoms with Crippen molar-refractivity contribution in [3.05, 3.63) is 77.1 Å². The molecule has 144 valence electrons. The Kier molecular flexibility index (Phi) is 4.99. The largest absolute Gasteiger partial charge is 0.274 e. The molecule has 1 aliphatic rings. The van der Waals surface area contributed by atoms with Crippen molar-refractivity contribution < 1.29 is 4.79 Å². The first-order valence-electron chi connectivity index (χ1n) is 9.93. The average molecular weight is 374 g/mol.